The SMILES string of the molecule is CCCCCC=CCC=CCCCCCCCCC(CCCCCCCCC=CCC=CCCCCC)OC1(C)OCC(CCN(C)C)O1. The molecule has 0 N–H and O–H groups in total. The molecule has 0 bridgehead atoms. The third-order valence-corrected chi connectivity index (χ3v) is 9.64. The van der Waals surface area contributed by atoms with E-state index < -0.39 is 5.97 Å². The van der Waals surface area contributed by atoms with Gasteiger partial charge in [-0.1, -0.05) is 152 Å². The summed E-state index contributed by atoms with van der Waals surface area (Å²) in [5.74, 6) is -0.891. The average molecular weight is 686 g/mol. The van der Waals surface area contributed by atoms with Crippen LogP contribution in [0.15, 0.2) is 48.6 Å². The zero-order chi connectivity index (χ0) is 35.5. The molecule has 4 heteroatoms. The zero-order valence-electron chi connectivity index (χ0n) is 33.5. The van der Waals surface area contributed by atoms with Crippen molar-refractivity contribution in [3.8, 4) is 0 Å². The molecule has 0 aromatic carbocycles. The fourth-order valence-electron chi connectivity index (χ4n) is 6.51. The van der Waals surface area contributed by atoms with Crippen molar-refractivity contribution in [3.05, 3.63) is 48.6 Å². The monoisotopic (exact) mass is 686 g/mol. The maximum Gasteiger partial charge on any atom is 0.280 e. The molecule has 0 spiro atoms. The fraction of sp³-hybridized carbons (Fsp3) is 0.822. The van der Waals surface area contributed by atoms with Gasteiger partial charge in [-0.25, -0.2) is 0 Å². The Bertz CT molecular complexity index is 770. The Morgan fingerprint density at radius 3 is 1.43 bits per heavy atom. The minimum atomic E-state index is -0.891. The van der Waals surface area contributed by atoms with Crippen LogP contribution < -0.4 is 0 Å². The first-order valence-electron chi connectivity index (χ1n) is 21.2. The lowest BCUT2D eigenvalue weighted by molar-refractivity contribution is -0.343. The molecule has 0 aromatic rings. The van der Waals surface area contributed by atoms with Gasteiger partial charge in [0.05, 0.1) is 18.8 Å². The van der Waals surface area contributed by atoms with Gasteiger partial charge in [0, 0.05) is 13.5 Å². The van der Waals surface area contributed by atoms with Crippen LogP contribution in [0, 0.1) is 0 Å². The van der Waals surface area contributed by atoms with Gasteiger partial charge in [0.2, 0.25) is 0 Å². The maximum atomic E-state index is 6.60. The highest BCUT2D eigenvalue weighted by molar-refractivity contribution is 4.93. The molecule has 1 aliphatic rings. The first-order valence-corrected chi connectivity index (χ1v) is 21.2. The van der Waals surface area contributed by atoms with Crippen LogP contribution in [0.2, 0.25) is 0 Å². The highest BCUT2D eigenvalue weighted by Gasteiger charge is 2.40. The second kappa shape index (κ2) is 33.9. The number of allylic oxidation sites excluding steroid dienone is 8. The molecular weight excluding hydrogens is 602 g/mol. The van der Waals surface area contributed by atoms with Crippen molar-refractivity contribution in [2.45, 2.75) is 212 Å². The van der Waals surface area contributed by atoms with E-state index in [1.807, 2.05) is 6.92 Å². The van der Waals surface area contributed by atoms with E-state index in [2.05, 4.69) is 81.5 Å². The smallest absolute Gasteiger partial charge is 0.280 e. The molecule has 1 fully saturated rings. The highest BCUT2D eigenvalue weighted by Crippen LogP contribution is 2.30. The molecule has 0 aliphatic carbocycles. The molecular formula is C45H83NO3. The molecule has 286 valence electrons. The Kier molecular flexibility index (Phi) is 31.7. The number of rotatable bonds is 35. The lowest BCUT2D eigenvalue weighted by Gasteiger charge is -2.29. The predicted molar refractivity (Wildman–Crippen MR) is 215 cm³/mol. The molecule has 1 aliphatic heterocycles. The van der Waals surface area contributed by atoms with Crippen LogP contribution in [0.5, 0.6) is 0 Å². The topological polar surface area (TPSA) is 30.9 Å². The van der Waals surface area contributed by atoms with Gasteiger partial charge in [-0.05, 0) is 97.6 Å². The fourth-order valence-corrected chi connectivity index (χ4v) is 6.51. The highest BCUT2D eigenvalue weighted by atomic mass is 16.9. The molecule has 1 saturated heterocycles. The standard InChI is InChI=1S/C45H83NO3/c1-6-8-10-12-14-16-18-20-22-24-26-28-30-32-34-36-38-43(48-45(3)47-42-44(49-45)40-41-46(4)5)39-37-35-33-31-29-27-25-23-21-19-17-15-13-11-9-7-2/h14-17,20-23,43-44H,6-13,18-19,24-42H2,1-5H3. The van der Waals surface area contributed by atoms with E-state index in [0.29, 0.717) is 6.61 Å². The summed E-state index contributed by atoms with van der Waals surface area (Å²) in [4.78, 5) is 2.21. The first kappa shape index (κ1) is 45.8. The maximum absolute atomic E-state index is 6.60. The molecule has 0 saturated carbocycles. The van der Waals surface area contributed by atoms with Gasteiger partial charge in [-0.15, -0.1) is 0 Å². The van der Waals surface area contributed by atoms with Crippen LogP contribution in [0.25, 0.3) is 0 Å². The Morgan fingerprint density at radius 1 is 0.592 bits per heavy atom. The van der Waals surface area contributed by atoms with Crippen molar-refractivity contribution in [1.82, 2.24) is 4.90 Å². The van der Waals surface area contributed by atoms with E-state index >= 15 is 0 Å². The van der Waals surface area contributed by atoms with E-state index in [1.54, 1.807) is 0 Å². The lowest BCUT2D eigenvalue weighted by Crippen LogP contribution is -2.35. The van der Waals surface area contributed by atoms with Crippen LogP contribution in [-0.4, -0.2) is 50.3 Å². The number of hydrogen-bond donors (Lipinski definition) is 0. The first-order chi connectivity index (χ1) is 24.0. The van der Waals surface area contributed by atoms with Crippen LogP contribution in [-0.2, 0) is 14.2 Å². The molecule has 4 nitrogen and oxygen atoms in total. The summed E-state index contributed by atoms with van der Waals surface area (Å²) in [7, 11) is 4.22. The molecule has 1 rings (SSSR count). The molecule has 2 atom stereocenters. The minimum absolute atomic E-state index is 0.122. The average Bonchev–Trinajstić information content (AvgIpc) is 3.46. The van der Waals surface area contributed by atoms with Gasteiger partial charge in [-0.3, -0.25) is 0 Å². The minimum Gasteiger partial charge on any atom is -0.325 e. The largest absolute Gasteiger partial charge is 0.325 e. The summed E-state index contributed by atoms with van der Waals surface area (Å²) >= 11 is 0. The second-order valence-electron chi connectivity index (χ2n) is 15.0. The van der Waals surface area contributed by atoms with Crippen LogP contribution in [0.3, 0.4) is 0 Å². The molecule has 0 amide bonds. The van der Waals surface area contributed by atoms with Crippen molar-refractivity contribution in [3.63, 3.8) is 0 Å². The third-order valence-electron chi connectivity index (χ3n) is 9.64. The van der Waals surface area contributed by atoms with Gasteiger partial charge >= 0.3 is 0 Å². The van der Waals surface area contributed by atoms with Crippen LogP contribution >= 0.6 is 0 Å². The Morgan fingerprint density at radius 2 is 1.00 bits per heavy atom. The van der Waals surface area contributed by atoms with Gasteiger partial charge in [-0.2, -0.15) is 0 Å². The normalized spacial score (nSPS) is 19.3. The van der Waals surface area contributed by atoms with Crippen molar-refractivity contribution in [2.24, 2.45) is 0 Å². The summed E-state index contributed by atoms with van der Waals surface area (Å²) in [6.45, 7) is 8.17. The van der Waals surface area contributed by atoms with E-state index in [0.717, 1.165) is 38.6 Å². The molecule has 1 heterocycles. The number of ether oxygens (including phenoxy) is 3. The second-order valence-corrected chi connectivity index (χ2v) is 15.0. The van der Waals surface area contributed by atoms with Crippen molar-refractivity contribution in [2.75, 3.05) is 27.2 Å². The lowest BCUT2D eigenvalue weighted by atomic mass is 10.0. The van der Waals surface area contributed by atoms with E-state index in [1.165, 1.54) is 141 Å². The summed E-state index contributed by atoms with van der Waals surface area (Å²) in [5, 5.41) is 0. The van der Waals surface area contributed by atoms with E-state index in [9.17, 15) is 0 Å². The van der Waals surface area contributed by atoms with Crippen LogP contribution in [0.1, 0.15) is 194 Å². The molecule has 49 heavy (non-hydrogen) atoms. The summed E-state index contributed by atoms with van der Waals surface area (Å²) in [6.07, 6.45) is 53.2. The quantitative estimate of drug-likeness (QED) is 0.0491. The zero-order valence-corrected chi connectivity index (χ0v) is 33.5. The Hall–Kier alpha value is -1.20. The Balaban J connectivity index is 2.24. The van der Waals surface area contributed by atoms with Gasteiger partial charge in [0.25, 0.3) is 5.97 Å². The number of hydrogen-bond acceptors (Lipinski definition) is 4. The van der Waals surface area contributed by atoms with Crippen molar-refractivity contribution >= 4 is 0 Å². The summed E-state index contributed by atoms with van der Waals surface area (Å²) < 4.78 is 19.0. The number of unbranched alkanes of at least 4 members (excludes halogenated alkanes) is 18. The Labute approximate surface area is 306 Å². The predicted octanol–water partition coefficient (Wildman–Crippen LogP) is 13.8. The summed E-state index contributed by atoms with van der Waals surface area (Å²) in [5.41, 5.74) is 0. The van der Waals surface area contributed by atoms with Crippen molar-refractivity contribution < 1.29 is 14.2 Å². The molecule has 2 unspecified atom stereocenters. The number of nitrogens with zero attached hydrogens (tertiary/aromatic N) is 1. The van der Waals surface area contributed by atoms with Gasteiger partial charge in [0.15, 0.2) is 0 Å². The summed E-state index contributed by atoms with van der Waals surface area (Å²) in [6, 6.07) is 0. The van der Waals surface area contributed by atoms with E-state index in [4.69, 9.17) is 14.2 Å². The van der Waals surface area contributed by atoms with Gasteiger partial charge in [0.1, 0.15) is 0 Å². The van der Waals surface area contributed by atoms with Crippen LogP contribution in [0.4, 0.5) is 0 Å². The molecule has 0 aromatic heterocycles. The molecule has 0 radical (unpaired) electrons. The van der Waals surface area contributed by atoms with Gasteiger partial charge < -0.3 is 19.1 Å². The van der Waals surface area contributed by atoms with E-state index in [-0.39, 0.29) is 12.2 Å². The third kappa shape index (κ3) is 30.2. The van der Waals surface area contributed by atoms with Crippen molar-refractivity contribution in [1.29, 1.82) is 0 Å².